The van der Waals surface area contributed by atoms with Gasteiger partial charge < -0.3 is 9.64 Å². The van der Waals surface area contributed by atoms with Gasteiger partial charge in [-0.1, -0.05) is 20.4 Å². The first-order chi connectivity index (χ1) is 14.1. The first-order valence-corrected chi connectivity index (χ1v) is 9.54. The molecule has 4 rings (SSSR count). The van der Waals surface area contributed by atoms with Gasteiger partial charge in [0.2, 0.25) is 0 Å². The number of amides is 2. The molecule has 0 aromatic carbocycles. The minimum Gasteiger partial charge on any atom is -0.491 e. The second-order valence-electron chi connectivity index (χ2n) is 6.11. The van der Waals surface area contributed by atoms with Crippen molar-refractivity contribution in [2.75, 3.05) is 37.0 Å². The smallest absolute Gasteiger partial charge is 0.333 e. The number of hydrogen-bond donors (Lipinski definition) is 1. The van der Waals surface area contributed by atoms with Crippen molar-refractivity contribution in [3.63, 3.8) is 0 Å². The lowest BCUT2D eigenvalue weighted by Crippen LogP contribution is -2.29. The van der Waals surface area contributed by atoms with E-state index in [1.54, 1.807) is 19.2 Å². The summed E-state index contributed by atoms with van der Waals surface area (Å²) < 4.78 is 5.91. The zero-order valence-electron chi connectivity index (χ0n) is 17.1. The zero-order valence-corrected chi connectivity index (χ0v) is 17.1. The Kier molecular flexibility index (Phi) is 6.06. The maximum Gasteiger partial charge on any atom is 0.333 e. The predicted octanol–water partition coefficient (Wildman–Crippen LogP) is 2.86. The molecule has 0 saturated carbocycles. The number of urea groups is 1. The van der Waals surface area contributed by atoms with Crippen LogP contribution in [0.25, 0.3) is 11.0 Å². The number of pyridine rings is 1. The van der Waals surface area contributed by atoms with E-state index >= 15 is 0 Å². The number of fused-ring (bicyclic) bond motifs is 3. The third kappa shape index (κ3) is 3.63. The number of amidine groups is 1. The second-order valence-corrected chi connectivity index (χ2v) is 6.11. The van der Waals surface area contributed by atoms with Gasteiger partial charge in [0, 0.05) is 20.6 Å². The van der Waals surface area contributed by atoms with E-state index in [2.05, 4.69) is 26.9 Å². The highest BCUT2D eigenvalue weighted by Crippen LogP contribution is 2.30. The number of anilines is 2. The van der Waals surface area contributed by atoms with Crippen LogP contribution in [0.1, 0.15) is 20.3 Å². The molecule has 152 valence electrons. The summed E-state index contributed by atoms with van der Waals surface area (Å²) >= 11 is 0. The predicted molar refractivity (Wildman–Crippen MR) is 114 cm³/mol. The van der Waals surface area contributed by atoms with Crippen molar-refractivity contribution in [1.29, 1.82) is 0 Å². The molecule has 1 saturated heterocycles. The van der Waals surface area contributed by atoms with Gasteiger partial charge in [-0.15, -0.1) is 0 Å². The molecule has 2 aliphatic rings. The quantitative estimate of drug-likeness (QED) is 0.798. The van der Waals surface area contributed by atoms with Crippen LogP contribution in [-0.2, 0) is 4.74 Å². The van der Waals surface area contributed by atoms with Crippen molar-refractivity contribution in [1.82, 2.24) is 20.3 Å². The van der Waals surface area contributed by atoms with Gasteiger partial charge in [-0.3, -0.25) is 10.3 Å². The lowest BCUT2D eigenvalue weighted by atomic mass is 10.2. The second kappa shape index (κ2) is 8.68. The third-order valence-electron chi connectivity index (χ3n) is 4.45. The van der Waals surface area contributed by atoms with Gasteiger partial charge >= 0.3 is 6.03 Å². The number of nitrogens with zero attached hydrogens (tertiary/aromatic N) is 6. The number of allylic oxidation sites excluding steroid dienone is 1. The highest BCUT2D eigenvalue weighted by molar-refractivity contribution is 6.23. The molecule has 2 bridgehead atoms. The number of ether oxygens (including phenoxy) is 1. The number of carbonyl (C=O) groups is 1. The molecule has 0 aliphatic carbocycles. The largest absolute Gasteiger partial charge is 0.491 e. The molecule has 29 heavy (non-hydrogen) atoms. The summed E-state index contributed by atoms with van der Waals surface area (Å²) in [6.45, 7) is 9.02. The first-order valence-electron chi connectivity index (χ1n) is 9.54. The first kappa shape index (κ1) is 20.2. The number of hydrogen-bond acceptors (Lipinski definition) is 7. The van der Waals surface area contributed by atoms with Crippen LogP contribution in [0.5, 0.6) is 0 Å². The molecule has 9 nitrogen and oxygen atoms in total. The maximum absolute atomic E-state index is 12.7. The van der Waals surface area contributed by atoms with Crippen LogP contribution in [0.15, 0.2) is 47.6 Å². The van der Waals surface area contributed by atoms with E-state index in [9.17, 15) is 4.79 Å². The van der Waals surface area contributed by atoms with E-state index in [0.717, 1.165) is 13.0 Å². The van der Waals surface area contributed by atoms with E-state index in [-0.39, 0.29) is 6.03 Å². The Balaban J connectivity index is 0.00000117. The number of carbonyl (C=O) groups excluding carboxylic acids is 1. The van der Waals surface area contributed by atoms with E-state index in [1.807, 2.05) is 31.9 Å². The molecule has 0 atom stereocenters. The fraction of sp³-hybridized carbons (Fsp3) is 0.350. The van der Waals surface area contributed by atoms with E-state index in [4.69, 9.17) is 9.72 Å². The van der Waals surface area contributed by atoms with E-state index in [0.29, 0.717) is 46.6 Å². The summed E-state index contributed by atoms with van der Waals surface area (Å²) in [5.41, 5.74) is 1.84. The van der Waals surface area contributed by atoms with Gasteiger partial charge in [0.15, 0.2) is 11.7 Å². The molecule has 9 heteroatoms. The molecule has 2 aliphatic heterocycles. The van der Waals surface area contributed by atoms with E-state index in [1.165, 1.54) is 11.2 Å². The average molecular weight is 395 g/mol. The van der Waals surface area contributed by atoms with Crippen LogP contribution in [0, 0.1) is 0 Å². The Labute approximate surface area is 169 Å². The number of nitrogens with one attached hydrogen (secondary N) is 1. The Morgan fingerprint density at radius 2 is 2.10 bits per heavy atom. The summed E-state index contributed by atoms with van der Waals surface area (Å²) in [7, 11) is 3.56. The Hall–Kier alpha value is -3.49. The summed E-state index contributed by atoms with van der Waals surface area (Å²) in [6.07, 6.45) is 3.86. The molecule has 2 amide bonds. The van der Waals surface area contributed by atoms with Gasteiger partial charge in [0.25, 0.3) is 0 Å². The average Bonchev–Trinajstić information content (AvgIpc) is 3.09. The van der Waals surface area contributed by atoms with Crippen molar-refractivity contribution in [2.45, 2.75) is 20.3 Å². The summed E-state index contributed by atoms with van der Waals surface area (Å²) in [6, 6.07) is 3.20. The normalized spacial score (nSPS) is 20.3. The third-order valence-corrected chi connectivity index (χ3v) is 4.45. The highest BCUT2D eigenvalue weighted by atomic mass is 16.5. The van der Waals surface area contributed by atoms with Gasteiger partial charge in [-0.2, -0.15) is 0 Å². The standard InChI is InChI=1S/C18H19N7O2.C2H6/c1-4-12-15-16(19-2)23-18(26)25(15)13-7-6-11-14(22-13)17(21-10-20-11)24(3)8-5-9-27-12;1-2/h4,6-7,10H,1,5,8-9H2,2-3H3,(H,19,23,26);1-2H3/b15-12-;. The SMILES string of the molecule is C=C/C1=C2\C(=NC)NC(=O)N2c2ccc3ncnc(c3n2)N(C)CCCO1.CC. The molecular weight excluding hydrogens is 370 g/mol. The minimum atomic E-state index is -0.357. The zero-order chi connectivity index (χ0) is 21.0. The maximum atomic E-state index is 12.7. The van der Waals surface area contributed by atoms with Gasteiger partial charge in [-0.25, -0.2) is 24.6 Å². The van der Waals surface area contributed by atoms with E-state index < -0.39 is 0 Å². The molecule has 0 unspecified atom stereocenters. The number of rotatable bonds is 1. The fourth-order valence-electron chi connectivity index (χ4n) is 3.17. The molecule has 2 aromatic heterocycles. The highest BCUT2D eigenvalue weighted by Gasteiger charge is 2.36. The molecule has 1 N–H and O–H groups in total. The van der Waals surface area contributed by atoms with Crippen molar-refractivity contribution in [2.24, 2.45) is 4.99 Å². The van der Waals surface area contributed by atoms with Crippen LogP contribution >= 0.6 is 0 Å². The van der Waals surface area contributed by atoms with Crippen LogP contribution in [0.4, 0.5) is 16.4 Å². The lowest BCUT2D eigenvalue weighted by molar-refractivity contribution is 0.219. The van der Waals surface area contributed by atoms with Crippen LogP contribution < -0.4 is 15.1 Å². The molecule has 2 aromatic rings. The Morgan fingerprint density at radius 1 is 1.31 bits per heavy atom. The number of aliphatic imine (C=N–C) groups is 1. The Morgan fingerprint density at radius 3 is 2.83 bits per heavy atom. The van der Waals surface area contributed by atoms with Crippen molar-refractivity contribution in [3.05, 3.63) is 42.6 Å². The Bertz CT molecular complexity index is 999. The summed E-state index contributed by atoms with van der Waals surface area (Å²) in [5, 5.41) is 2.75. The fourth-order valence-corrected chi connectivity index (χ4v) is 3.17. The monoisotopic (exact) mass is 395 g/mol. The molecule has 4 heterocycles. The minimum absolute atomic E-state index is 0.357. The van der Waals surface area contributed by atoms with Crippen molar-refractivity contribution in [3.8, 4) is 0 Å². The molecular formula is C20H25N7O2. The molecule has 1 fully saturated rings. The summed E-state index contributed by atoms with van der Waals surface area (Å²) in [5.74, 6) is 2.03. The summed E-state index contributed by atoms with van der Waals surface area (Å²) in [4.78, 5) is 33.7. The number of aromatic nitrogens is 3. The topological polar surface area (TPSA) is 95.8 Å². The van der Waals surface area contributed by atoms with Gasteiger partial charge in [-0.05, 0) is 24.6 Å². The van der Waals surface area contributed by atoms with Crippen LogP contribution in [-0.4, -0.2) is 54.1 Å². The lowest BCUT2D eigenvalue weighted by Gasteiger charge is -2.23. The van der Waals surface area contributed by atoms with Crippen LogP contribution in [0.3, 0.4) is 0 Å². The molecule has 0 radical (unpaired) electrons. The van der Waals surface area contributed by atoms with Crippen molar-refractivity contribution >= 4 is 34.5 Å². The van der Waals surface area contributed by atoms with Crippen LogP contribution in [0.2, 0.25) is 0 Å². The molecule has 0 spiro atoms. The van der Waals surface area contributed by atoms with Gasteiger partial charge in [0.1, 0.15) is 29.1 Å². The van der Waals surface area contributed by atoms with Crippen molar-refractivity contribution < 1.29 is 9.53 Å². The van der Waals surface area contributed by atoms with Gasteiger partial charge in [0.05, 0.1) is 12.1 Å².